The smallest absolute Gasteiger partial charge is 0.227 e. The Morgan fingerprint density at radius 1 is 1.23 bits per heavy atom. The molecule has 2 aromatic heterocycles. The summed E-state index contributed by atoms with van der Waals surface area (Å²) in [5.41, 5.74) is 2.13. The van der Waals surface area contributed by atoms with Crippen molar-refractivity contribution in [2.45, 2.75) is 31.8 Å². The molecule has 0 saturated carbocycles. The van der Waals surface area contributed by atoms with Gasteiger partial charge in [0.05, 0.1) is 19.2 Å². The van der Waals surface area contributed by atoms with E-state index in [9.17, 15) is 4.79 Å². The van der Waals surface area contributed by atoms with Gasteiger partial charge < -0.3 is 19.2 Å². The molecule has 26 heavy (non-hydrogen) atoms. The Labute approximate surface area is 153 Å². The molecule has 1 fully saturated rings. The van der Waals surface area contributed by atoms with Crippen LogP contribution < -0.4 is 0 Å². The Morgan fingerprint density at radius 2 is 2.04 bits per heavy atom. The lowest BCUT2D eigenvalue weighted by molar-refractivity contribution is -0.134. The Balaban J connectivity index is 1.55. The molecule has 136 valence electrons. The van der Waals surface area contributed by atoms with Crippen LogP contribution >= 0.6 is 0 Å². The van der Waals surface area contributed by atoms with Crippen LogP contribution in [0.25, 0.3) is 10.9 Å². The van der Waals surface area contributed by atoms with Gasteiger partial charge in [0.15, 0.2) is 0 Å². The molecule has 3 aromatic rings. The molecule has 5 heteroatoms. The average Bonchev–Trinajstić information content (AvgIpc) is 3.31. The summed E-state index contributed by atoms with van der Waals surface area (Å²) >= 11 is 0. The van der Waals surface area contributed by atoms with Gasteiger partial charge in [-0.3, -0.25) is 4.79 Å². The van der Waals surface area contributed by atoms with Crippen molar-refractivity contribution in [1.82, 2.24) is 14.8 Å². The molecule has 0 aliphatic carbocycles. The van der Waals surface area contributed by atoms with Crippen molar-refractivity contribution in [2.75, 3.05) is 20.1 Å². The SMILES string of the molecule is CN1CCC(N(Cc2ccco2)C(=O)Cc2c[nH]c3ccccc23)CC1. The number of hydrogen-bond acceptors (Lipinski definition) is 3. The normalized spacial score (nSPS) is 16.2. The van der Waals surface area contributed by atoms with Crippen LogP contribution in [0, 0.1) is 0 Å². The van der Waals surface area contributed by atoms with Crippen LogP contribution in [-0.4, -0.2) is 46.9 Å². The van der Waals surface area contributed by atoms with Crippen LogP contribution in [0.3, 0.4) is 0 Å². The number of carbonyl (C=O) groups excluding carboxylic acids is 1. The maximum absolute atomic E-state index is 13.2. The number of nitrogens with zero attached hydrogens (tertiary/aromatic N) is 2. The fraction of sp³-hybridized carbons (Fsp3) is 0.381. The molecule has 3 heterocycles. The number of likely N-dealkylation sites (tertiary alicyclic amines) is 1. The van der Waals surface area contributed by atoms with E-state index < -0.39 is 0 Å². The standard InChI is InChI=1S/C21H25N3O2/c1-23-10-8-17(9-11-23)24(15-18-5-4-12-26-18)21(25)13-16-14-22-20-7-3-2-6-19(16)20/h2-7,12,14,17,22H,8-11,13,15H2,1H3. The quantitative estimate of drug-likeness (QED) is 0.766. The molecule has 0 bridgehead atoms. The van der Waals surface area contributed by atoms with Gasteiger partial charge in [-0.25, -0.2) is 0 Å². The first-order valence-electron chi connectivity index (χ1n) is 9.26. The number of amides is 1. The average molecular weight is 351 g/mol. The fourth-order valence-electron chi connectivity index (χ4n) is 3.84. The lowest BCUT2D eigenvalue weighted by atomic mass is 10.0. The molecule has 0 unspecified atom stereocenters. The number of fused-ring (bicyclic) bond motifs is 1. The third-order valence-electron chi connectivity index (χ3n) is 5.37. The predicted octanol–water partition coefficient (Wildman–Crippen LogP) is 3.43. The third kappa shape index (κ3) is 3.53. The maximum atomic E-state index is 13.2. The van der Waals surface area contributed by atoms with Crippen LogP contribution in [0.5, 0.6) is 0 Å². The number of aromatic nitrogens is 1. The first-order chi connectivity index (χ1) is 12.7. The largest absolute Gasteiger partial charge is 0.467 e. The van der Waals surface area contributed by atoms with Gasteiger partial charge in [-0.2, -0.15) is 0 Å². The highest BCUT2D eigenvalue weighted by Gasteiger charge is 2.28. The van der Waals surface area contributed by atoms with Crippen molar-refractivity contribution in [2.24, 2.45) is 0 Å². The molecule has 4 rings (SSSR count). The van der Waals surface area contributed by atoms with Crippen LogP contribution in [0.1, 0.15) is 24.2 Å². The van der Waals surface area contributed by atoms with Crippen LogP contribution in [0.4, 0.5) is 0 Å². The maximum Gasteiger partial charge on any atom is 0.227 e. The highest BCUT2D eigenvalue weighted by Crippen LogP contribution is 2.23. The number of aromatic amines is 1. The van der Waals surface area contributed by atoms with Gasteiger partial charge >= 0.3 is 0 Å². The second-order valence-electron chi connectivity index (χ2n) is 7.17. The summed E-state index contributed by atoms with van der Waals surface area (Å²) in [6.07, 6.45) is 6.07. The lowest BCUT2D eigenvalue weighted by Gasteiger charge is -2.37. The van der Waals surface area contributed by atoms with Gasteiger partial charge in [-0.15, -0.1) is 0 Å². The zero-order chi connectivity index (χ0) is 17.9. The van der Waals surface area contributed by atoms with Gasteiger partial charge in [-0.1, -0.05) is 18.2 Å². The first-order valence-corrected chi connectivity index (χ1v) is 9.26. The molecule has 1 aliphatic heterocycles. The van der Waals surface area contributed by atoms with Gasteiger partial charge in [0.1, 0.15) is 5.76 Å². The Morgan fingerprint density at radius 3 is 2.81 bits per heavy atom. The van der Waals surface area contributed by atoms with Gasteiger partial charge in [0.2, 0.25) is 5.91 Å². The van der Waals surface area contributed by atoms with E-state index in [1.807, 2.05) is 41.4 Å². The van der Waals surface area contributed by atoms with E-state index in [0.29, 0.717) is 13.0 Å². The van der Waals surface area contributed by atoms with E-state index >= 15 is 0 Å². The molecule has 0 spiro atoms. The van der Waals surface area contributed by atoms with Crippen LogP contribution in [-0.2, 0) is 17.8 Å². The molecule has 1 aliphatic rings. The zero-order valence-corrected chi connectivity index (χ0v) is 15.1. The number of rotatable bonds is 5. The number of furan rings is 1. The van der Waals surface area contributed by atoms with Gasteiger partial charge in [0.25, 0.3) is 0 Å². The Hall–Kier alpha value is -2.53. The van der Waals surface area contributed by atoms with E-state index in [4.69, 9.17) is 4.42 Å². The number of H-pyrrole nitrogens is 1. The van der Waals surface area contributed by atoms with E-state index in [2.05, 4.69) is 23.0 Å². The van der Waals surface area contributed by atoms with E-state index in [1.54, 1.807) is 6.26 Å². The number of nitrogens with one attached hydrogen (secondary N) is 1. The lowest BCUT2D eigenvalue weighted by Crippen LogP contribution is -2.46. The molecular weight excluding hydrogens is 326 g/mol. The summed E-state index contributed by atoms with van der Waals surface area (Å²) in [6.45, 7) is 2.60. The molecular formula is C21H25N3O2. The highest BCUT2D eigenvalue weighted by molar-refractivity contribution is 5.89. The molecule has 0 radical (unpaired) electrons. The monoisotopic (exact) mass is 351 g/mol. The number of para-hydroxylation sites is 1. The minimum Gasteiger partial charge on any atom is -0.467 e. The highest BCUT2D eigenvalue weighted by atomic mass is 16.3. The first kappa shape index (κ1) is 16.9. The molecule has 1 saturated heterocycles. The van der Waals surface area contributed by atoms with E-state index in [0.717, 1.165) is 48.2 Å². The summed E-state index contributed by atoms with van der Waals surface area (Å²) in [5.74, 6) is 1.01. The summed E-state index contributed by atoms with van der Waals surface area (Å²) in [4.78, 5) is 20.8. The minimum absolute atomic E-state index is 0.167. The van der Waals surface area contributed by atoms with Gasteiger partial charge in [0, 0.05) is 23.1 Å². The topological polar surface area (TPSA) is 52.5 Å². The van der Waals surface area contributed by atoms with Crippen molar-refractivity contribution < 1.29 is 9.21 Å². The summed E-state index contributed by atoms with van der Waals surface area (Å²) in [5, 5.41) is 1.13. The van der Waals surface area contributed by atoms with Crippen molar-refractivity contribution in [3.8, 4) is 0 Å². The molecule has 1 aromatic carbocycles. The van der Waals surface area contributed by atoms with Crippen molar-refractivity contribution >= 4 is 16.8 Å². The summed E-state index contributed by atoms with van der Waals surface area (Å²) in [6, 6.07) is 12.2. The molecule has 1 N–H and O–H groups in total. The van der Waals surface area contributed by atoms with E-state index in [1.165, 1.54) is 0 Å². The predicted molar refractivity (Wildman–Crippen MR) is 102 cm³/mol. The molecule has 0 atom stereocenters. The zero-order valence-electron chi connectivity index (χ0n) is 15.1. The van der Waals surface area contributed by atoms with Gasteiger partial charge in [-0.05, 0) is 56.7 Å². The molecule has 1 amide bonds. The number of benzene rings is 1. The number of hydrogen-bond donors (Lipinski definition) is 1. The van der Waals surface area contributed by atoms with Crippen molar-refractivity contribution in [3.05, 3.63) is 60.2 Å². The second kappa shape index (κ2) is 7.38. The summed E-state index contributed by atoms with van der Waals surface area (Å²) in [7, 11) is 2.14. The van der Waals surface area contributed by atoms with Crippen LogP contribution in [0.2, 0.25) is 0 Å². The second-order valence-corrected chi connectivity index (χ2v) is 7.17. The minimum atomic E-state index is 0.167. The fourth-order valence-corrected chi connectivity index (χ4v) is 3.84. The number of carbonyl (C=O) groups is 1. The van der Waals surface area contributed by atoms with Crippen molar-refractivity contribution in [1.29, 1.82) is 0 Å². The van der Waals surface area contributed by atoms with Crippen LogP contribution in [0.15, 0.2) is 53.3 Å². The third-order valence-corrected chi connectivity index (χ3v) is 5.37. The molecule has 5 nitrogen and oxygen atoms in total. The Kier molecular flexibility index (Phi) is 4.80. The van der Waals surface area contributed by atoms with E-state index in [-0.39, 0.29) is 11.9 Å². The van der Waals surface area contributed by atoms with Crippen molar-refractivity contribution in [3.63, 3.8) is 0 Å². The Bertz CT molecular complexity index is 860. The summed E-state index contributed by atoms with van der Waals surface area (Å²) < 4.78 is 5.52. The number of piperidine rings is 1.